The molecular formula is C34H40FNO3. The second kappa shape index (κ2) is 10.0. The van der Waals surface area contributed by atoms with Crippen molar-refractivity contribution >= 4 is 17.3 Å². The van der Waals surface area contributed by atoms with Crippen molar-refractivity contribution in [2.24, 2.45) is 22.7 Å². The standard InChI is InChI=1S/C34H40FNO3/c1-4-14-34(31(38)21-39-3)15-13-29-27-19-30(35)26-18-24(37)11-12-25(26)32(27)28(20-33(29,34)2)22-7-9-23(10-8-22)36-16-5-6-17-36/h7-10,18,27-30H,5-6,11-13,15-17,19-21H2,1-3H3/t27-,28?,29-,30?,33-,34+/m0/s1. The van der Waals surface area contributed by atoms with Crippen molar-refractivity contribution in [1.82, 2.24) is 0 Å². The molecule has 4 aliphatic carbocycles. The van der Waals surface area contributed by atoms with Crippen LogP contribution in [0.5, 0.6) is 0 Å². The van der Waals surface area contributed by atoms with Gasteiger partial charge in [0.25, 0.3) is 0 Å². The van der Waals surface area contributed by atoms with Gasteiger partial charge in [0, 0.05) is 38.2 Å². The van der Waals surface area contributed by atoms with Crippen LogP contribution in [0.2, 0.25) is 0 Å². The van der Waals surface area contributed by atoms with Gasteiger partial charge in [-0.05, 0) is 104 Å². The largest absolute Gasteiger partial charge is 0.377 e. The molecule has 5 heteroatoms. The zero-order valence-corrected chi connectivity index (χ0v) is 23.5. The fourth-order valence-electron chi connectivity index (χ4n) is 9.05. The van der Waals surface area contributed by atoms with E-state index in [1.807, 2.05) is 6.92 Å². The summed E-state index contributed by atoms with van der Waals surface area (Å²) in [6.45, 7) is 6.31. The van der Waals surface area contributed by atoms with Crippen LogP contribution in [-0.2, 0) is 14.3 Å². The van der Waals surface area contributed by atoms with Crippen molar-refractivity contribution in [3.8, 4) is 11.8 Å². The minimum absolute atomic E-state index is 0.0332. The molecule has 3 fully saturated rings. The monoisotopic (exact) mass is 529 g/mol. The van der Waals surface area contributed by atoms with E-state index < -0.39 is 17.0 Å². The Balaban J connectivity index is 1.50. The lowest BCUT2D eigenvalue weighted by Gasteiger charge is -2.55. The first-order chi connectivity index (χ1) is 18.8. The van der Waals surface area contributed by atoms with Gasteiger partial charge in [-0.3, -0.25) is 9.59 Å². The number of benzene rings is 1. The Kier molecular flexibility index (Phi) is 6.82. The summed E-state index contributed by atoms with van der Waals surface area (Å²) in [6.07, 6.45) is 6.69. The van der Waals surface area contributed by atoms with E-state index in [1.165, 1.54) is 29.7 Å². The Bertz CT molecular complexity index is 1290. The normalized spacial score (nSPS) is 35.5. The highest BCUT2D eigenvalue weighted by Gasteiger charge is 2.66. The smallest absolute Gasteiger partial charge is 0.176 e. The quantitative estimate of drug-likeness (QED) is 0.417. The molecular weight excluding hydrogens is 489 g/mol. The number of allylic oxidation sites excluding steroid dienone is 4. The van der Waals surface area contributed by atoms with Crippen molar-refractivity contribution in [1.29, 1.82) is 0 Å². The van der Waals surface area contributed by atoms with E-state index in [4.69, 9.17) is 4.74 Å². The maximum atomic E-state index is 15.8. The van der Waals surface area contributed by atoms with Crippen molar-refractivity contribution in [3.05, 3.63) is 52.6 Å². The lowest BCUT2D eigenvalue weighted by Crippen LogP contribution is -2.52. The number of ether oxygens (including phenoxy) is 1. The van der Waals surface area contributed by atoms with Crippen molar-refractivity contribution in [3.63, 3.8) is 0 Å². The van der Waals surface area contributed by atoms with Gasteiger partial charge in [0.2, 0.25) is 0 Å². The lowest BCUT2D eigenvalue weighted by atomic mass is 9.48. The van der Waals surface area contributed by atoms with Gasteiger partial charge in [-0.15, -0.1) is 5.92 Å². The van der Waals surface area contributed by atoms with E-state index in [0.717, 1.165) is 31.5 Å². The summed E-state index contributed by atoms with van der Waals surface area (Å²) in [4.78, 5) is 28.5. The molecule has 4 nitrogen and oxygen atoms in total. The van der Waals surface area contributed by atoms with E-state index in [9.17, 15) is 9.59 Å². The highest BCUT2D eigenvalue weighted by atomic mass is 19.1. The summed E-state index contributed by atoms with van der Waals surface area (Å²) < 4.78 is 21.2. The Morgan fingerprint density at radius 2 is 1.92 bits per heavy atom. The molecule has 39 heavy (non-hydrogen) atoms. The van der Waals surface area contributed by atoms with E-state index >= 15 is 4.39 Å². The molecule has 0 aromatic heterocycles. The summed E-state index contributed by atoms with van der Waals surface area (Å²) in [5.41, 5.74) is 4.32. The molecule has 1 heterocycles. The summed E-state index contributed by atoms with van der Waals surface area (Å²) >= 11 is 0. The molecule has 0 spiro atoms. The number of Topliss-reactive ketones (excluding diaryl/α,β-unsaturated/α-hetero) is 1. The van der Waals surface area contributed by atoms with Crippen LogP contribution in [0, 0.1) is 34.5 Å². The number of alkyl halides is 1. The molecule has 0 radical (unpaired) electrons. The van der Waals surface area contributed by atoms with Crippen LogP contribution in [0.15, 0.2) is 47.1 Å². The summed E-state index contributed by atoms with van der Waals surface area (Å²) in [6, 6.07) is 8.98. The first-order valence-corrected chi connectivity index (χ1v) is 14.8. The van der Waals surface area contributed by atoms with Gasteiger partial charge in [-0.25, -0.2) is 4.39 Å². The number of halogens is 1. The fraction of sp³-hybridized carbons (Fsp3) is 0.588. The summed E-state index contributed by atoms with van der Waals surface area (Å²) in [5.74, 6) is 6.88. The minimum Gasteiger partial charge on any atom is -0.377 e. The first kappa shape index (κ1) is 26.5. The van der Waals surface area contributed by atoms with Crippen LogP contribution in [0.25, 0.3) is 0 Å². The van der Waals surface area contributed by atoms with Gasteiger partial charge < -0.3 is 9.64 Å². The highest BCUT2D eigenvalue weighted by Crippen LogP contribution is 2.69. The minimum atomic E-state index is -1.14. The first-order valence-electron chi connectivity index (χ1n) is 14.8. The predicted molar refractivity (Wildman–Crippen MR) is 151 cm³/mol. The number of methoxy groups -OCH3 is 1. The van der Waals surface area contributed by atoms with E-state index in [-0.39, 0.29) is 35.9 Å². The van der Waals surface area contributed by atoms with Gasteiger partial charge in [-0.1, -0.05) is 30.6 Å². The Hall–Kier alpha value is -2.71. The average Bonchev–Trinajstić information content (AvgIpc) is 3.56. The molecule has 0 amide bonds. The Morgan fingerprint density at radius 3 is 2.62 bits per heavy atom. The molecule has 1 aromatic carbocycles. The maximum absolute atomic E-state index is 15.8. The molecule has 6 rings (SSSR count). The van der Waals surface area contributed by atoms with Crippen molar-refractivity contribution in [2.75, 3.05) is 31.7 Å². The molecule has 2 unspecified atom stereocenters. The third kappa shape index (κ3) is 4.05. The van der Waals surface area contributed by atoms with Crippen LogP contribution < -0.4 is 4.90 Å². The molecule has 1 aliphatic heterocycles. The second-order valence-electron chi connectivity index (χ2n) is 12.6. The van der Waals surface area contributed by atoms with Gasteiger partial charge >= 0.3 is 0 Å². The molecule has 1 aromatic rings. The van der Waals surface area contributed by atoms with Crippen molar-refractivity contribution in [2.45, 2.75) is 77.3 Å². The highest BCUT2D eigenvalue weighted by molar-refractivity contribution is 5.93. The molecule has 2 saturated carbocycles. The molecule has 5 aliphatic rings. The van der Waals surface area contributed by atoms with Gasteiger partial charge in [0.15, 0.2) is 11.6 Å². The van der Waals surface area contributed by atoms with Gasteiger partial charge in [-0.2, -0.15) is 0 Å². The van der Waals surface area contributed by atoms with E-state index in [1.54, 1.807) is 13.2 Å². The van der Waals surface area contributed by atoms with Crippen LogP contribution in [0.3, 0.4) is 0 Å². The molecule has 0 bridgehead atoms. The number of rotatable bonds is 5. The SMILES string of the molecule is CC#C[C@]1(C(=O)COC)CC[C@H]2[C@@H]3CC(F)C4=CC(=O)CCC4=C3C(c3ccc(N4CCCC4)cc3)C[C@@]21C. The molecule has 6 atom stereocenters. The number of fused-ring (bicyclic) bond motifs is 4. The van der Waals surface area contributed by atoms with Crippen LogP contribution in [0.1, 0.15) is 76.7 Å². The summed E-state index contributed by atoms with van der Waals surface area (Å²) in [7, 11) is 1.57. The van der Waals surface area contributed by atoms with Crippen LogP contribution >= 0.6 is 0 Å². The number of anilines is 1. The van der Waals surface area contributed by atoms with E-state index in [0.29, 0.717) is 31.3 Å². The number of hydrogen-bond donors (Lipinski definition) is 0. The van der Waals surface area contributed by atoms with Crippen molar-refractivity contribution < 1.29 is 18.7 Å². The molecule has 206 valence electrons. The Morgan fingerprint density at radius 1 is 1.18 bits per heavy atom. The maximum Gasteiger partial charge on any atom is 0.176 e. The number of carbonyl (C=O) groups is 2. The topological polar surface area (TPSA) is 46.6 Å². The summed E-state index contributed by atoms with van der Waals surface area (Å²) in [5, 5.41) is 0. The number of nitrogens with zero attached hydrogens (tertiary/aromatic N) is 1. The Labute approximate surface area is 232 Å². The fourth-order valence-corrected chi connectivity index (χ4v) is 9.05. The molecule has 0 N–H and O–H groups in total. The lowest BCUT2D eigenvalue weighted by molar-refractivity contribution is -0.136. The van der Waals surface area contributed by atoms with Crippen LogP contribution in [0.4, 0.5) is 10.1 Å². The molecule has 1 saturated heterocycles. The average molecular weight is 530 g/mol. The number of ketones is 2. The van der Waals surface area contributed by atoms with Crippen LogP contribution in [-0.4, -0.2) is 44.5 Å². The third-order valence-corrected chi connectivity index (χ3v) is 10.8. The van der Waals surface area contributed by atoms with Gasteiger partial charge in [0.1, 0.15) is 12.8 Å². The number of hydrogen-bond acceptors (Lipinski definition) is 4. The third-order valence-electron chi connectivity index (χ3n) is 10.8. The number of carbonyl (C=O) groups excluding carboxylic acids is 2. The predicted octanol–water partition coefficient (Wildman–Crippen LogP) is 6.36. The zero-order chi connectivity index (χ0) is 27.4. The zero-order valence-electron chi connectivity index (χ0n) is 23.5. The van der Waals surface area contributed by atoms with E-state index in [2.05, 4.69) is 47.9 Å². The second-order valence-corrected chi connectivity index (χ2v) is 12.6. The van der Waals surface area contributed by atoms with Gasteiger partial charge in [0.05, 0.1) is 5.41 Å².